The Morgan fingerprint density at radius 2 is 1.89 bits per heavy atom. The Morgan fingerprint density at radius 1 is 1.16 bits per heavy atom. The van der Waals surface area contributed by atoms with E-state index in [1.54, 1.807) is 7.11 Å². The second-order valence-corrected chi connectivity index (χ2v) is 5.88. The second kappa shape index (κ2) is 6.73. The van der Waals surface area contributed by atoms with Gasteiger partial charge in [0.05, 0.1) is 7.11 Å². The number of methoxy groups -OCH3 is 1. The Bertz CT molecular complexity index is 478. The van der Waals surface area contributed by atoms with Gasteiger partial charge in [0, 0.05) is 17.0 Å². The van der Waals surface area contributed by atoms with Crippen LogP contribution in [0.15, 0.2) is 41.8 Å². The fourth-order valence-corrected chi connectivity index (χ4v) is 3.04. The van der Waals surface area contributed by atoms with E-state index >= 15 is 0 Å². The van der Waals surface area contributed by atoms with Crippen LogP contribution in [0, 0.1) is 0 Å². The van der Waals surface area contributed by atoms with Crippen LogP contribution in [0.4, 0.5) is 0 Å². The van der Waals surface area contributed by atoms with Crippen LogP contribution in [0.5, 0.6) is 5.75 Å². The molecule has 3 heteroatoms. The van der Waals surface area contributed by atoms with Gasteiger partial charge >= 0.3 is 0 Å². The Hall–Kier alpha value is -1.32. The molecule has 1 aromatic heterocycles. The zero-order valence-corrected chi connectivity index (χ0v) is 12.5. The lowest BCUT2D eigenvalue weighted by Gasteiger charge is -2.20. The number of nitrogens with one attached hydrogen (secondary N) is 1. The van der Waals surface area contributed by atoms with Gasteiger partial charge in [-0.1, -0.05) is 18.2 Å². The largest absolute Gasteiger partial charge is 0.497 e. The van der Waals surface area contributed by atoms with Crippen molar-refractivity contribution in [3.63, 3.8) is 0 Å². The minimum atomic E-state index is 0.348. The third-order valence-electron chi connectivity index (χ3n) is 3.24. The highest BCUT2D eigenvalue weighted by Gasteiger charge is 2.10. The Morgan fingerprint density at radius 3 is 2.47 bits per heavy atom. The van der Waals surface area contributed by atoms with Gasteiger partial charge in [0.25, 0.3) is 0 Å². The highest BCUT2D eigenvalue weighted by molar-refractivity contribution is 7.09. The molecule has 0 aliphatic carbocycles. The summed E-state index contributed by atoms with van der Waals surface area (Å²) in [4.78, 5) is 1.43. The molecule has 1 N–H and O–H groups in total. The highest BCUT2D eigenvalue weighted by atomic mass is 32.1. The molecule has 0 aliphatic rings. The summed E-state index contributed by atoms with van der Waals surface area (Å²) in [7, 11) is 1.69. The van der Waals surface area contributed by atoms with E-state index in [1.165, 1.54) is 10.4 Å². The molecular formula is C16H21NOS. The summed E-state index contributed by atoms with van der Waals surface area (Å²) in [6.45, 7) is 4.44. The summed E-state index contributed by atoms with van der Waals surface area (Å²) >= 11 is 1.82. The average molecular weight is 275 g/mol. The van der Waals surface area contributed by atoms with Crippen LogP contribution in [0.2, 0.25) is 0 Å². The molecule has 19 heavy (non-hydrogen) atoms. The summed E-state index contributed by atoms with van der Waals surface area (Å²) in [5.41, 5.74) is 1.29. The van der Waals surface area contributed by atoms with Crippen molar-refractivity contribution in [2.75, 3.05) is 7.11 Å². The topological polar surface area (TPSA) is 21.3 Å². The van der Waals surface area contributed by atoms with Crippen LogP contribution in [-0.2, 0) is 6.42 Å². The van der Waals surface area contributed by atoms with E-state index in [0.29, 0.717) is 12.1 Å². The summed E-state index contributed by atoms with van der Waals surface area (Å²) in [5, 5.41) is 5.77. The van der Waals surface area contributed by atoms with Gasteiger partial charge in [-0.25, -0.2) is 0 Å². The Balaban J connectivity index is 1.90. The number of thiophene rings is 1. The maximum Gasteiger partial charge on any atom is 0.118 e. The molecule has 1 heterocycles. The van der Waals surface area contributed by atoms with E-state index in [-0.39, 0.29) is 0 Å². The molecule has 0 fully saturated rings. The first-order valence-corrected chi connectivity index (χ1v) is 7.49. The first-order chi connectivity index (χ1) is 9.19. The van der Waals surface area contributed by atoms with Crippen LogP contribution >= 0.6 is 11.3 Å². The molecule has 0 spiro atoms. The SMILES string of the molecule is COc1ccc(C(C)NC(C)Cc2cccs2)cc1. The fraction of sp³-hybridized carbons (Fsp3) is 0.375. The molecule has 0 amide bonds. The fourth-order valence-electron chi connectivity index (χ4n) is 2.21. The van der Waals surface area contributed by atoms with Gasteiger partial charge in [-0.2, -0.15) is 0 Å². The van der Waals surface area contributed by atoms with E-state index < -0.39 is 0 Å². The van der Waals surface area contributed by atoms with Gasteiger partial charge in [0.15, 0.2) is 0 Å². The molecule has 0 saturated heterocycles. The van der Waals surface area contributed by atoms with Crippen LogP contribution in [0.25, 0.3) is 0 Å². The number of hydrogen-bond donors (Lipinski definition) is 1. The van der Waals surface area contributed by atoms with Crippen molar-refractivity contribution in [3.8, 4) is 5.75 Å². The second-order valence-electron chi connectivity index (χ2n) is 4.85. The van der Waals surface area contributed by atoms with Crippen molar-refractivity contribution >= 4 is 11.3 Å². The lowest BCUT2D eigenvalue weighted by molar-refractivity contribution is 0.414. The summed E-state index contributed by atoms with van der Waals surface area (Å²) in [5.74, 6) is 0.905. The van der Waals surface area contributed by atoms with E-state index in [4.69, 9.17) is 4.74 Å². The monoisotopic (exact) mass is 275 g/mol. The Labute approximate surface area is 119 Å². The number of ether oxygens (including phenoxy) is 1. The van der Waals surface area contributed by atoms with E-state index in [1.807, 2.05) is 23.5 Å². The minimum absolute atomic E-state index is 0.348. The molecule has 102 valence electrons. The zero-order valence-electron chi connectivity index (χ0n) is 11.7. The quantitative estimate of drug-likeness (QED) is 0.859. The molecule has 1 aromatic carbocycles. The lowest BCUT2D eigenvalue weighted by Crippen LogP contribution is -2.30. The molecule has 2 atom stereocenters. The standard InChI is InChI=1S/C16H21NOS/c1-12(11-16-5-4-10-19-16)17-13(2)14-6-8-15(18-3)9-7-14/h4-10,12-13,17H,11H2,1-3H3. The van der Waals surface area contributed by atoms with Gasteiger partial charge in [-0.15, -0.1) is 11.3 Å². The molecule has 2 nitrogen and oxygen atoms in total. The van der Waals surface area contributed by atoms with E-state index in [0.717, 1.165) is 12.2 Å². The summed E-state index contributed by atoms with van der Waals surface area (Å²) in [6.07, 6.45) is 1.08. The van der Waals surface area contributed by atoms with Crippen molar-refractivity contribution in [3.05, 3.63) is 52.2 Å². The Kier molecular flexibility index (Phi) is 5.00. The molecule has 2 aromatic rings. The van der Waals surface area contributed by atoms with Crippen LogP contribution < -0.4 is 10.1 Å². The van der Waals surface area contributed by atoms with Crippen LogP contribution in [-0.4, -0.2) is 13.2 Å². The van der Waals surface area contributed by atoms with Crippen LogP contribution in [0.1, 0.15) is 30.3 Å². The maximum absolute atomic E-state index is 5.18. The van der Waals surface area contributed by atoms with E-state index in [9.17, 15) is 0 Å². The van der Waals surface area contributed by atoms with Gasteiger partial charge in [-0.3, -0.25) is 0 Å². The van der Waals surface area contributed by atoms with Crippen molar-refractivity contribution < 1.29 is 4.74 Å². The highest BCUT2D eigenvalue weighted by Crippen LogP contribution is 2.19. The summed E-state index contributed by atoms with van der Waals surface area (Å²) < 4.78 is 5.18. The van der Waals surface area contributed by atoms with Crippen molar-refractivity contribution in [2.45, 2.75) is 32.4 Å². The minimum Gasteiger partial charge on any atom is -0.497 e. The number of hydrogen-bond acceptors (Lipinski definition) is 3. The number of rotatable bonds is 6. The molecule has 0 radical (unpaired) electrons. The van der Waals surface area contributed by atoms with Crippen molar-refractivity contribution in [2.24, 2.45) is 0 Å². The zero-order chi connectivity index (χ0) is 13.7. The smallest absolute Gasteiger partial charge is 0.118 e. The molecule has 2 unspecified atom stereocenters. The molecule has 0 bridgehead atoms. The third-order valence-corrected chi connectivity index (χ3v) is 4.14. The summed E-state index contributed by atoms with van der Waals surface area (Å²) in [6, 6.07) is 13.4. The predicted molar refractivity (Wildman–Crippen MR) is 82.0 cm³/mol. The third kappa shape index (κ3) is 4.08. The van der Waals surface area contributed by atoms with Gasteiger partial charge in [0.1, 0.15) is 5.75 Å². The lowest BCUT2D eigenvalue weighted by atomic mass is 10.1. The molecule has 0 saturated carbocycles. The van der Waals surface area contributed by atoms with Gasteiger partial charge in [0.2, 0.25) is 0 Å². The van der Waals surface area contributed by atoms with E-state index in [2.05, 4.69) is 48.8 Å². The van der Waals surface area contributed by atoms with Crippen LogP contribution in [0.3, 0.4) is 0 Å². The average Bonchev–Trinajstić information content (AvgIpc) is 2.91. The molecule has 0 aliphatic heterocycles. The predicted octanol–water partition coefficient (Wildman–Crippen LogP) is 4.04. The van der Waals surface area contributed by atoms with Crippen molar-refractivity contribution in [1.29, 1.82) is 0 Å². The van der Waals surface area contributed by atoms with Crippen molar-refractivity contribution in [1.82, 2.24) is 5.32 Å². The molecule has 2 rings (SSSR count). The number of benzene rings is 1. The molecular weight excluding hydrogens is 254 g/mol. The normalized spacial score (nSPS) is 14.1. The maximum atomic E-state index is 5.18. The van der Waals surface area contributed by atoms with Gasteiger partial charge < -0.3 is 10.1 Å². The van der Waals surface area contributed by atoms with Gasteiger partial charge in [-0.05, 0) is 49.4 Å². The first kappa shape index (κ1) is 14.1. The first-order valence-electron chi connectivity index (χ1n) is 6.61.